The van der Waals surface area contributed by atoms with E-state index in [4.69, 9.17) is 22.0 Å². The molecule has 1 saturated heterocycles. The maximum absolute atomic E-state index is 12.6. The zero-order valence-corrected chi connectivity index (χ0v) is 11.7. The number of nitrogen functional groups attached to an aromatic ring is 1. The van der Waals surface area contributed by atoms with Crippen molar-refractivity contribution >= 4 is 17.1 Å². The standard InChI is InChI=1S/C13H15N5O4/c1-2-5-17-9-10(15-12(14)16-11(9)20)18(13(17)21)8-4-3-7(6-19)22-8/h1,7-8,19H,3-6H2,(H3,14,15,16,20). The minimum atomic E-state index is -0.611. The highest BCUT2D eigenvalue weighted by Crippen LogP contribution is 2.28. The van der Waals surface area contributed by atoms with E-state index in [1.54, 1.807) is 0 Å². The molecule has 22 heavy (non-hydrogen) atoms. The number of aromatic amines is 1. The molecule has 3 heterocycles. The van der Waals surface area contributed by atoms with Crippen molar-refractivity contribution in [2.75, 3.05) is 12.3 Å². The van der Waals surface area contributed by atoms with Crippen molar-refractivity contribution in [1.29, 1.82) is 0 Å². The summed E-state index contributed by atoms with van der Waals surface area (Å²) < 4.78 is 8.05. The fourth-order valence-electron chi connectivity index (χ4n) is 2.71. The lowest BCUT2D eigenvalue weighted by atomic mass is 10.2. The number of nitrogens with two attached hydrogens (primary N) is 1. The predicted molar refractivity (Wildman–Crippen MR) is 78.1 cm³/mol. The molecular weight excluding hydrogens is 290 g/mol. The highest BCUT2D eigenvalue weighted by atomic mass is 16.5. The molecule has 0 spiro atoms. The van der Waals surface area contributed by atoms with Gasteiger partial charge >= 0.3 is 5.69 Å². The molecule has 9 nitrogen and oxygen atoms in total. The van der Waals surface area contributed by atoms with Crippen LogP contribution in [-0.2, 0) is 11.3 Å². The number of H-pyrrole nitrogens is 1. The molecule has 0 radical (unpaired) electrons. The average Bonchev–Trinajstić information content (AvgIpc) is 3.03. The number of rotatable bonds is 3. The minimum Gasteiger partial charge on any atom is -0.394 e. The van der Waals surface area contributed by atoms with E-state index >= 15 is 0 Å². The van der Waals surface area contributed by atoms with Crippen molar-refractivity contribution in [3.8, 4) is 12.3 Å². The van der Waals surface area contributed by atoms with E-state index in [1.165, 1.54) is 4.57 Å². The first-order valence-corrected chi connectivity index (χ1v) is 6.77. The fraction of sp³-hybridized carbons (Fsp3) is 0.462. The Morgan fingerprint density at radius 2 is 2.27 bits per heavy atom. The van der Waals surface area contributed by atoms with Gasteiger partial charge in [0.25, 0.3) is 5.56 Å². The minimum absolute atomic E-state index is 0.0623. The van der Waals surface area contributed by atoms with Crippen LogP contribution in [0.4, 0.5) is 5.95 Å². The smallest absolute Gasteiger partial charge is 0.333 e. The van der Waals surface area contributed by atoms with Crippen molar-refractivity contribution in [3.63, 3.8) is 0 Å². The molecule has 0 bridgehead atoms. The SMILES string of the molecule is C#CCn1c(=O)n(C2CCC(CO)O2)c2nc(N)[nH]c(=O)c21. The monoisotopic (exact) mass is 305 g/mol. The van der Waals surface area contributed by atoms with Crippen LogP contribution in [0.1, 0.15) is 19.1 Å². The summed E-state index contributed by atoms with van der Waals surface area (Å²) in [5.41, 5.74) is 4.74. The van der Waals surface area contributed by atoms with Crippen molar-refractivity contribution < 1.29 is 9.84 Å². The maximum atomic E-state index is 12.6. The van der Waals surface area contributed by atoms with E-state index in [1.807, 2.05) is 0 Å². The number of hydrogen-bond donors (Lipinski definition) is 3. The number of imidazole rings is 1. The second kappa shape index (κ2) is 5.32. The summed E-state index contributed by atoms with van der Waals surface area (Å²) in [4.78, 5) is 31.1. The molecule has 1 fully saturated rings. The quantitative estimate of drug-likeness (QED) is 0.609. The summed E-state index contributed by atoms with van der Waals surface area (Å²) >= 11 is 0. The first-order chi connectivity index (χ1) is 10.6. The van der Waals surface area contributed by atoms with Crippen LogP contribution in [0.15, 0.2) is 9.59 Å². The third kappa shape index (κ3) is 2.09. The first kappa shape index (κ1) is 14.4. The summed E-state index contributed by atoms with van der Waals surface area (Å²) in [6.45, 7) is -0.197. The third-order valence-corrected chi connectivity index (χ3v) is 3.66. The second-order valence-electron chi connectivity index (χ2n) is 5.04. The van der Waals surface area contributed by atoms with Gasteiger partial charge in [0.2, 0.25) is 5.95 Å². The van der Waals surface area contributed by atoms with E-state index in [-0.39, 0.29) is 36.4 Å². The number of terminal acetylenes is 1. The molecule has 1 aliphatic rings. The lowest BCUT2D eigenvalue weighted by molar-refractivity contribution is -0.0223. The Balaban J connectivity index is 2.26. The molecule has 4 N–H and O–H groups in total. The zero-order valence-electron chi connectivity index (χ0n) is 11.7. The van der Waals surface area contributed by atoms with E-state index in [0.717, 1.165) is 4.57 Å². The molecule has 1 aliphatic heterocycles. The second-order valence-corrected chi connectivity index (χ2v) is 5.04. The molecule has 0 aromatic carbocycles. The Hall–Kier alpha value is -2.57. The summed E-state index contributed by atoms with van der Waals surface area (Å²) in [5, 5.41) is 9.16. The van der Waals surface area contributed by atoms with E-state index in [9.17, 15) is 9.59 Å². The Labute approximate surface area is 124 Å². The van der Waals surface area contributed by atoms with Gasteiger partial charge in [0.15, 0.2) is 11.2 Å². The molecule has 2 aromatic heterocycles. The van der Waals surface area contributed by atoms with Gasteiger partial charge in [-0.2, -0.15) is 4.98 Å². The van der Waals surface area contributed by atoms with Gasteiger partial charge < -0.3 is 15.6 Å². The van der Waals surface area contributed by atoms with Gasteiger partial charge in [-0.25, -0.2) is 9.36 Å². The normalized spacial score (nSPS) is 21.3. The summed E-state index contributed by atoms with van der Waals surface area (Å²) in [5.74, 6) is 2.24. The summed E-state index contributed by atoms with van der Waals surface area (Å²) in [6.07, 6.45) is 5.44. The van der Waals surface area contributed by atoms with Crippen LogP contribution in [0.3, 0.4) is 0 Å². The van der Waals surface area contributed by atoms with Crippen LogP contribution in [-0.4, -0.2) is 36.9 Å². The van der Waals surface area contributed by atoms with Crippen LogP contribution in [0.2, 0.25) is 0 Å². The number of aliphatic hydroxyl groups is 1. The predicted octanol–water partition coefficient (Wildman–Crippen LogP) is -1.23. The molecule has 9 heteroatoms. The molecule has 0 amide bonds. The number of ether oxygens (including phenoxy) is 1. The molecule has 2 atom stereocenters. The highest BCUT2D eigenvalue weighted by Gasteiger charge is 2.31. The molecular formula is C13H15N5O4. The van der Waals surface area contributed by atoms with Crippen LogP contribution in [0, 0.1) is 12.3 Å². The van der Waals surface area contributed by atoms with Crippen molar-refractivity contribution in [2.24, 2.45) is 0 Å². The Morgan fingerprint density at radius 1 is 1.50 bits per heavy atom. The van der Waals surface area contributed by atoms with Gasteiger partial charge in [0.05, 0.1) is 19.3 Å². The van der Waals surface area contributed by atoms with Crippen molar-refractivity contribution in [3.05, 3.63) is 20.8 Å². The van der Waals surface area contributed by atoms with Gasteiger partial charge in [0, 0.05) is 0 Å². The van der Waals surface area contributed by atoms with Gasteiger partial charge in [-0.05, 0) is 12.8 Å². The largest absolute Gasteiger partial charge is 0.394 e. The van der Waals surface area contributed by atoms with Crippen molar-refractivity contribution in [1.82, 2.24) is 19.1 Å². The van der Waals surface area contributed by atoms with Gasteiger partial charge in [-0.15, -0.1) is 6.42 Å². The number of anilines is 1. The average molecular weight is 305 g/mol. The molecule has 2 unspecified atom stereocenters. The zero-order chi connectivity index (χ0) is 15.9. The highest BCUT2D eigenvalue weighted by molar-refractivity contribution is 5.71. The Bertz CT molecular complexity index is 871. The maximum Gasteiger partial charge on any atom is 0.333 e. The van der Waals surface area contributed by atoms with E-state index < -0.39 is 17.5 Å². The van der Waals surface area contributed by atoms with Gasteiger partial charge in [-0.3, -0.25) is 14.3 Å². The number of fused-ring (bicyclic) bond motifs is 1. The summed E-state index contributed by atoms with van der Waals surface area (Å²) in [7, 11) is 0. The van der Waals surface area contributed by atoms with E-state index in [0.29, 0.717) is 12.8 Å². The van der Waals surface area contributed by atoms with Gasteiger partial charge in [-0.1, -0.05) is 5.92 Å². The topological polar surface area (TPSA) is 128 Å². The molecule has 116 valence electrons. The number of aromatic nitrogens is 4. The summed E-state index contributed by atoms with van der Waals surface area (Å²) in [6, 6.07) is 0. The molecule has 0 aliphatic carbocycles. The lowest BCUT2D eigenvalue weighted by Crippen LogP contribution is -2.28. The molecule has 0 saturated carbocycles. The molecule has 2 aromatic rings. The number of aliphatic hydroxyl groups excluding tert-OH is 1. The van der Waals surface area contributed by atoms with Crippen LogP contribution in [0.5, 0.6) is 0 Å². The third-order valence-electron chi connectivity index (χ3n) is 3.66. The Kier molecular flexibility index (Phi) is 3.48. The fourth-order valence-corrected chi connectivity index (χ4v) is 2.71. The Morgan fingerprint density at radius 3 is 2.91 bits per heavy atom. The van der Waals surface area contributed by atoms with Crippen LogP contribution >= 0.6 is 0 Å². The van der Waals surface area contributed by atoms with Crippen LogP contribution < -0.4 is 17.0 Å². The first-order valence-electron chi connectivity index (χ1n) is 6.77. The van der Waals surface area contributed by atoms with Crippen molar-refractivity contribution in [2.45, 2.75) is 31.7 Å². The molecule has 3 rings (SSSR count). The van der Waals surface area contributed by atoms with E-state index in [2.05, 4.69) is 15.9 Å². The lowest BCUT2D eigenvalue weighted by Gasteiger charge is -2.13. The van der Waals surface area contributed by atoms with Crippen LogP contribution in [0.25, 0.3) is 11.2 Å². The number of nitrogens with zero attached hydrogens (tertiary/aromatic N) is 3. The van der Waals surface area contributed by atoms with Gasteiger partial charge in [0.1, 0.15) is 6.23 Å². The number of hydrogen-bond acceptors (Lipinski definition) is 6. The number of nitrogens with one attached hydrogen (secondary N) is 1.